The van der Waals surface area contributed by atoms with Crippen molar-refractivity contribution in [2.24, 2.45) is 0 Å². The highest BCUT2D eigenvalue weighted by Crippen LogP contribution is 2.40. The number of amides is 3. The van der Waals surface area contributed by atoms with E-state index < -0.39 is 17.4 Å². The predicted octanol–water partition coefficient (Wildman–Crippen LogP) is 4.77. The SMILES string of the molecule is CCCc1cc2c(C(F)(F)F)cc(=O)oc2c(CCC)c1OCCCCN1C(=O)CN(C)C1=O. The van der Waals surface area contributed by atoms with E-state index in [1.807, 2.05) is 13.8 Å². The van der Waals surface area contributed by atoms with Gasteiger partial charge in [-0.25, -0.2) is 9.59 Å². The summed E-state index contributed by atoms with van der Waals surface area (Å²) in [6.45, 7) is 4.39. The average Bonchev–Trinajstić information content (AvgIpc) is 3.00. The molecule has 0 spiro atoms. The molecule has 34 heavy (non-hydrogen) atoms. The third kappa shape index (κ3) is 5.37. The Hall–Kier alpha value is -3.04. The van der Waals surface area contributed by atoms with Gasteiger partial charge in [-0.15, -0.1) is 0 Å². The van der Waals surface area contributed by atoms with Crippen molar-refractivity contribution in [1.29, 1.82) is 0 Å². The second-order valence-electron chi connectivity index (χ2n) is 8.44. The van der Waals surface area contributed by atoms with Crippen LogP contribution in [0.25, 0.3) is 11.0 Å². The summed E-state index contributed by atoms with van der Waals surface area (Å²) in [5.41, 5.74) is -1.07. The zero-order chi connectivity index (χ0) is 25.0. The van der Waals surface area contributed by atoms with Gasteiger partial charge in [-0.3, -0.25) is 9.69 Å². The number of fused-ring (bicyclic) bond motifs is 1. The molecular formula is C24H29F3N2O5. The van der Waals surface area contributed by atoms with E-state index in [1.54, 1.807) is 7.05 Å². The Morgan fingerprint density at radius 1 is 1.06 bits per heavy atom. The minimum atomic E-state index is -4.69. The van der Waals surface area contributed by atoms with Crippen molar-refractivity contribution in [2.75, 3.05) is 26.7 Å². The highest BCUT2D eigenvalue weighted by molar-refractivity contribution is 6.01. The van der Waals surface area contributed by atoms with Crippen LogP contribution in [0.1, 0.15) is 56.2 Å². The number of benzene rings is 1. The largest absolute Gasteiger partial charge is 0.493 e. The summed E-state index contributed by atoms with van der Waals surface area (Å²) in [5.74, 6) is 0.209. The van der Waals surface area contributed by atoms with Crippen LogP contribution in [0.15, 0.2) is 21.3 Å². The summed E-state index contributed by atoms with van der Waals surface area (Å²) in [5, 5.41) is -0.137. The van der Waals surface area contributed by atoms with Gasteiger partial charge >= 0.3 is 17.8 Å². The summed E-state index contributed by atoms with van der Waals surface area (Å²) < 4.78 is 52.3. The van der Waals surface area contributed by atoms with Crippen molar-refractivity contribution >= 4 is 22.9 Å². The molecule has 2 aromatic rings. The maximum Gasteiger partial charge on any atom is 0.417 e. The maximum atomic E-state index is 13.7. The highest BCUT2D eigenvalue weighted by atomic mass is 19.4. The number of urea groups is 1. The van der Waals surface area contributed by atoms with E-state index in [-0.39, 0.29) is 42.6 Å². The van der Waals surface area contributed by atoms with Gasteiger partial charge in [0.2, 0.25) is 5.91 Å². The molecule has 0 N–H and O–H groups in total. The lowest BCUT2D eigenvalue weighted by atomic mass is 9.96. The van der Waals surface area contributed by atoms with Gasteiger partial charge in [0, 0.05) is 30.6 Å². The second-order valence-corrected chi connectivity index (χ2v) is 8.44. The lowest BCUT2D eigenvalue weighted by Crippen LogP contribution is -2.32. The number of likely N-dealkylation sites (N-methyl/N-ethyl adjacent to an activating group) is 1. The minimum absolute atomic E-state index is 0.0678. The fourth-order valence-corrected chi connectivity index (χ4v) is 4.19. The number of carbonyl (C=O) groups is 2. The Balaban J connectivity index is 1.87. The second kappa shape index (κ2) is 10.5. The van der Waals surface area contributed by atoms with Crippen molar-refractivity contribution < 1.29 is 31.9 Å². The smallest absolute Gasteiger partial charge is 0.417 e. The molecule has 0 aliphatic carbocycles. The molecular weight excluding hydrogens is 453 g/mol. The van der Waals surface area contributed by atoms with Gasteiger partial charge in [0.1, 0.15) is 17.9 Å². The van der Waals surface area contributed by atoms with Crippen LogP contribution in [0.5, 0.6) is 5.75 Å². The van der Waals surface area contributed by atoms with Crippen molar-refractivity contribution in [3.63, 3.8) is 0 Å². The number of hydrogen-bond acceptors (Lipinski definition) is 5. The summed E-state index contributed by atoms with van der Waals surface area (Å²) in [7, 11) is 1.57. The molecule has 0 saturated carbocycles. The van der Waals surface area contributed by atoms with E-state index in [1.165, 1.54) is 15.9 Å². The molecule has 1 aromatic carbocycles. The third-order valence-electron chi connectivity index (χ3n) is 5.74. The predicted molar refractivity (Wildman–Crippen MR) is 120 cm³/mol. The Kier molecular flexibility index (Phi) is 7.89. The average molecular weight is 482 g/mol. The van der Waals surface area contributed by atoms with Crippen LogP contribution in [0, 0.1) is 0 Å². The monoisotopic (exact) mass is 482 g/mol. The Bertz CT molecular complexity index is 1130. The van der Waals surface area contributed by atoms with Crippen LogP contribution in [0.4, 0.5) is 18.0 Å². The molecule has 0 unspecified atom stereocenters. The molecule has 1 fully saturated rings. The molecule has 7 nitrogen and oxygen atoms in total. The topological polar surface area (TPSA) is 80.1 Å². The lowest BCUT2D eigenvalue weighted by Gasteiger charge is -2.19. The number of aryl methyl sites for hydroxylation is 2. The number of alkyl halides is 3. The van der Waals surface area contributed by atoms with Gasteiger partial charge in [0.25, 0.3) is 0 Å². The molecule has 0 bridgehead atoms. The number of imide groups is 1. The number of ether oxygens (including phenoxy) is 1. The standard InChI is InChI=1S/C24H29F3N2O5/c1-4-8-15-12-17-18(24(25,26)27)13-20(31)34-22(17)16(9-5-2)21(15)33-11-7-6-10-29-19(30)14-28(3)23(29)32/h12-13H,4-11,14H2,1-3H3. The molecule has 1 aromatic heterocycles. The Morgan fingerprint density at radius 2 is 1.76 bits per heavy atom. The zero-order valence-corrected chi connectivity index (χ0v) is 19.6. The Morgan fingerprint density at radius 3 is 2.35 bits per heavy atom. The third-order valence-corrected chi connectivity index (χ3v) is 5.74. The lowest BCUT2D eigenvalue weighted by molar-refractivity contribution is -0.136. The molecule has 1 saturated heterocycles. The van der Waals surface area contributed by atoms with Gasteiger partial charge in [0.15, 0.2) is 0 Å². The summed E-state index contributed by atoms with van der Waals surface area (Å²) in [6, 6.07) is 1.58. The first-order chi connectivity index (χ1) is 16.1. The first-order valence-electron chi connectivity index (χ1n) is 11.5. The first-order valence-corrected chi connectivity index (χ1v) is 11.5. The van der Waals surface area contributed by atoms with Gasteiger partial charge in [-0.1, -0.05) is 26.7 Å². The Labute approximate surface area is 195 Å². The van der Waals surface area contributed by atoms with Crippen LogP contribution in [0.3, 0.4) is 0 Å². The van der Waals surface area contributed by atoms with Crippen molar-refractivity contribution in [2.45, 2.75) is 58.5 Å². The molecule has 3 amide bonds. The van der Waals surface area contributed by atoms with Gasteiger partial charge in [0.05, 0.1) is 12.2 Å². The van der Waals surface area contributed by atoms with E-state index in [2.05, 4.69) is 0 Å². The molecule has 3 rings (SSSR count). The van der Waals surface area contributed by atoms with Crippen LogP contribution >= 0.6 is 0 Å². The van der Waals surface area contributed by atoms with Crippen molar-refractivity contribution in [3.8, 4) is 5.75 Å². The van der Waals surface area contributed by atoms with Crippen LogP contribution in [0.2, 0.25) is 0 Å². The number of unbranched alkanes of at least 4 members (excludes halogenated alkanes) is 1. The normalized spacial score (nSPS) is 14.5. The molecule has 2 heterocycles. The van der Waals surface area contributed by atoms with E-state index >= 15 is 0 Å². The van der Waals surface area contributed by atoms with E-state index in [9.17, 15) is 27.6 Å². The molecule has 10 heteroatoms. The zero-order valence-electron chi connectivity index (χ0n) is 19.6. The van der Waals surface area contributed by atoms with Crippen molar-refractivity contribution in [3.05, 3.63) is 39.2 Å². The maximum absolute atomic E-state index is 13.7. The van der Waals surface area contributed by atoms with E-state index in [0.29, 0.717) is 61.5 Å². The molecule has 186 valence electrons. The van der Waals surface area contributed by atoms with Crippen LogP contribution in [-0.4, -0.2) is 48.5 Å². The van der Waals surface area contributed by atoms with E-state index in [4.69, 9.17) is 9.15 Å². The number of nitrogens with zero attached hydrogens (tertiary/aromatic N) is 2. The number of halogens is 3. The van der Waals surface area contributed by atoms with E-state index in [0.717, 1.165) is 0 Å². The number of hydrogen-bond donors (Lipinski definition) is 0. The summed E-state index contributed by atoms with van der Waals surface area (Å²) in [6.07, 6.45) is -1.44. The molecule has 1 aliphatic heterocycles. The molecule has 0 atom stereocenters. The molecule has 1 aliphatic rings. The number of carbonyl (C=O) groups excluding carboxylic acids is 2. The van der Waals surface area contributed by atoms with Gasteiger partial charge < -0.3 is 14.1 Å². The fourth-order valence-electron chi connectivity index (χ4n) is 4.19. The van der Waals surface area contributed by atoms with Gasteiger partial charge in [-0.05, 0) is 37.3 Å². The van der Waals surface area contributed by atoms with Gasteiger partial charge in [-0.2, -0.15) is 13.2 Å². The molecule has 0 radical (unpaired) electrons. The van der Waals surface area contributed by atoms with Crippen LogP contribution in [-0.2, 0) is 23.8 Å². The quantitative estimate of drug-likeness (QED) is 0.277. The summed E-state index contributed by atoms with van der Waals surface area (Å²) in [4.78, 5) is 38.4. The van der Waals surface area contributed by atoms with Crippen LogP contribution < -0.4 is 10.4 Å². The summed E-state index contributed by atoms with van der Waals surface area (Å²) >= 11 is 0. The minimum Gasteiger partial charge on any atom is -0.493 e. The first kappa shape index (κ1) is 25.6. The highest BCUT2D eigenvalue weighted by Gasteiger charge is 2.35. The number of rotatable bonds is 10. The van der Waals surface area contributed by atoms with Crippen molar-refractivity contribution in [1.82, 2.24) is 9.80 Å². The fraction of sp³-hybridized carbons (Fsp3) is 0.542.